The third kappa shape index (κ3) is 3.22. The summed E-state index contributed by atoms with van der Waals surface area (Å²) >= 11 is 0. The highest BCUT2D eigenvalue weighted by atomic mass is 16.2. The minimum atomic E-state index is -0.114. The zero-order valence-corrected chi connectivity index (χ0v) is 18.9. The molecule has 0 saturated carbocycles. The van der Waals surface area contributed by atoms with Crippen molar-refractivity contribution >= 4 is 16.7 Å². The molecule has 2 bridgehead atoms. The Labute approximate surface area is 188 Å². The number of aromatic nitrogens is 2. The minimum absolute atomic E-state index is 0.114. The molecule has 6 nitrogen and oxygen atoms in total. The average molecular weight is 433 g/mol. The van der Waals surface area contributed by atoms with Crippen LogP contribution in [0.3, 0.4) is 0 Å². The molecule has 6 heteroatoms. The first-order valence-corrected chi connectivity index (χ1v) is 12.3. The van der Waals surface area contributed by atoms with Crippen molar-refractivity contribution in [2.75, 3.05) is 19.6 Å². The van der Waals surface area contributed by atoms with Crippen molar-refractivity contribution in [1.29, 1.82) is 0 Å². The standard InChI is InChI=1S/C26H32N4O2/c1-28-26(32)21-9-3-2-8-20(21)22(27-28)15-24(31)30-12-6-7-17-13-18-14-19(25(17)30)16-29-11-5-4-10-23(18)29/h2-3,8-9,13,18-19,23,25H,4-7,10-12,14-16H2,1H3/t18-,19-,23+,25-/m0/s1. The molecule has 0 radical (unpaired) electrons. The van der Waals surface area contributed by atoms with Crippen LogP contribution in [0.5, 0.6) is 0 Å². The number of fused-ring (bicyclic) bond motifs is 7. The number of piperidine rings is 3. The first-order valence-electron chi connectivity index (χ1n) is 12.3. The number of likely N-dealkylation sites (tertiary alicyclic amines) is 1. The van der Waals surface area contributed by atoms with Crippen LogP contribution in [-0.4, -0.2) is 57.2 Å². The molecule has 1 amide bonds. The SMILES string of the molecule is Cn1nc(CC(=O)N2CCCC3=C[C@H]4C[C@@H](CN5CCCC[C@H]45)[C@H]32)c2ccccc2c1=O. The summed E-state index contributed by atoms with van der Waals surface area (Å²) in [6.45, 7) is 3.18. The third-order valence-electron chi connectivity index (χ3n) is 8.33. The maximum absolute atomic E-state index is 13.7. The van der Waals surface area contributed by atoms with Crippen LogP contribution >= 0.6 is 0 Å². The molecule has 2 aromatic rings. The Morgan fingerprint density at radius 2 is 1.97 bits per heavy atom. The first kappa shape index (κ1) is 20.2. The molecule has 0 spiro atoms. The predicted octanol–water partition coefficient (Wildman–Crippen LogP) is 2.90. The van der Waals surface area contributed by atoms with Crippen LogP contribution in [0.25, 0.3) is 10.8 Å². The molecule has 1 aliphatic carbocycles. The van der Waals surface area contributed by atoms with Crippen molar-refractivity contribution in [2.24, 2.45) is 18.9 Å². The van der Waals surface area contributed by atoms with E-state index in [1.54, 1.807) is 7.05 Å². The lowest BCUT2D eigenvalue weighted by atomic mass is 9.68. The van der Waals surface area contributed by atoms with Crippen LogP contribution in [0.2, 0.25) is 0 Å². The van der Waals surface area contributed by atoms with Gasteiger partial charge in [-0.15, -0.1) is 0 Å². The van der Waals surface area contributed by atoms with E-state index in [1.807, 2.05) is 24.3 Å². The molecular weight excluding hydrogens is 400 g/mol. The van der Waals surface area contributed by atoms with Crippen molar-refractivity contribution in [3.8, 4) is 0 Å². The molecule has 4 heterocycles. The van der Waals surface area contributed by atoms with Gasteiger partial charge in [0.2, 0.25) is 5.91 Å². The summed E-state index contributed by atoms with van der Waals surface area (Å²) in [4.78, 5) is 31.0. The highest BCUT2D eigenvalue weighted by molar-refractivity contribution is 5.88. The van der Waals surface area contributed by atoms with Crippen molar-refractivity contribution in [3.63, 3.8) is 0 Å². The van der Waals surface area contributed by atoms with E-state index in [0.717, 1.165) is 37.4 Å². The van der Waals surface area contributed by atoms with Crippen molar-refractivity contribution in [1.82, 2.24) is 19.6 Å². The van der Waals surface area contributed by atoms with E-state index in [4.69, 9.17) is 0 Å². The molecule has 3 aliphatic heterocycles. The Hall–Kier alpha value is -2.47. The molecule has 1 aromatic carbocycles. The van der Waals surface area contributed by atoms with Gasteiger partial charge in [0.25, 0.3) is 5.56 Å². The van der Waals surface area contributed by atoms with Gasteiger partial charge < -0.3 is 4.90 Å². The highest BCUT2D eigenvalue weighted by Crippen LogP contribution is 2.45. The van der Waals surface area contributed by atoms with Gasteiger partial charge in [0.1, 0.15) is 0 Å². The topological polar surface area (TPSA) is 58.4 Å². The molecule has 168 valence electrons. The Morgan fingerprint density at radius 1 is 1.12 bits per heavy atom. The summed E-state index contributed by atoms with van der Waals surface area (Å²) in [6.07, 6.45) is 10.2. The van der Waals surface area contributed by atoms with Crippen LogP contribution in [-0.2, 0) is 18.3 Å². The fraction of sp³-hybridized carbons (Fsp3) is 0.577. The van der Waals surface area contributed by atoms with Crippen LogP contribution in [0.4, 0.5) is 0 Å². The van der Waals surface area contributed by atoms with Crippen LogP contribution < -0.4 is 5.56 Å². The van der Waals surface area contributed by atoms with E-state index in [9.17, 15) is 9.59 Å². The number of amides is 1. The van der Waals surface area contributed by atoms with Crippen molar-refractivity contribution in [2.45, 2.75) is 57.0 Å². The fourth-order valence-corrected chi connectivity index (χ4v) is 7.00. The summed E-state index contributed by atoms with van der Waals surface area (Å²) < 4.78 is 1.37. The summed E-state index contributed by atoms with van der Waals surface area (Å²) in [5.41, 5.74) is 2.10. The quantitative estimate of drug-likeness (QED) is 0.685. The zero-order valence-electron chi connectivity index (χ0n) is 18.9. The van der Waals surface area contributed by atoms with Gasteiger partial charge in [-0.25, -0.2) is 4.68 Å². The summed E-state index contributed by atoms with van der Waals surface area (Å²) in [6, 6.07) is 8.49. The first-order chi connectivity index (χ1) is 15.6. The molecule has 0 unspecified atom stereocenters. The van der Waals surface area contributed by atoms with E-state index >= 15 is 0 Å². The number of benzene rings is 1. The molecule has 0 N–H and O–H groups in total. The molecule has 3 saturated heterocycles. The Bertz CT molecular complexity index is 1150. The van der Waals surface area contributed by atoms with E-state index in [1.165, 1.54) is 42.5 Å². The van der Waals surface area contributed by atoms with E-state index in [-0.39, 0.29) is 23.9 Å². The van der Waals surface area contributed by atoms with Gasteiger partial charge in [0.15, 0.2) is 0 Å². The lowest BCUT2D eigenvalue weighted by molar-refractivity contribution is -0.135. The Kier molecular flexibility index (Phi) is 4.94. The summed E-state index contributed by atoms with van der Waals surface area (Å²) in [5.74, 6) is 1.36. The predicted molar refractivity (Wildman–Crippen MR) is 124 cm³/mol. The monoisotopic (exact) mass is 432 g/mol. The smallest absolute Gasteiger partial charge is 0.274 e. The van der Waals surface area contributed by atoms with Gasteiger partial charge in [0, 0.05) is 31.6 Å². The number of carbonyl (C=O) groups is 1. The van der Waals surface area contributed by atoms with E-state index in [0.29, 0.717) is 22.9 Å². The lowest BCUT2D eigenvalue weighted by Crippen LogP contribution is -2.60. The van der Waals surface area contributed by atoms with Gasteiger partial charge >= 0.3 is 0 Å². The molecule has 4 atom stereocenters. The van der Waals surface area contributed by atoms with Crippen molar-refractivity contribution in [3.05, 3.63) is 52.0 Å². The highest BCUT2D eigenvalue weighted by Gasteiger charge is 2.46. The van der Waals surface area contributed by atoms with E-state index in [2.05, 4.69) is 21.0 Å². The average Bonchev–Trinajstić information content (AvgIpc) is 2.82. The van der Waals surface area contributed by atoms with Crippen molar-refractivity contribution < 1.29 is 4.79 Å². The molecule has 4 aliphatic rings. The molecule has 32 heavy (non-hydrogen) atoms. The maximum Gasteiger partial charge on any atom is 0.274 e. The van der Waals surface area contributed by atoms with Gasteiger partial charge in [-0.3, -0.25) is 14.5 Å². The third-order valence-corrected chi connectivity index (χ3v) is 8.33. The van der Waals surface area contributed by atoms with Gasteiger partial charge in [-0.05, 0) is 56.6 Å². The second-order valence-corrected chi connectivity index (χ2v) is 10.2. The number of aryl methyl sites for hydroxylation is 1. The normalized spacial score (nSPS) is 29.9. The molecular formula is C26H32N4O2. The van der Waals surface area contributed by atoms with Gasteiger partial charge in [-0.1, -0.05) is 36.3 Å². The largest absolute Gasteiger partial charge is 0.335 e. The number of hydrogen-bond acceptors (Lipinski definition) is 4. The molecule has 6 rings (SSSR count). The fourth-order valence-electron chi connectivity index (χ4n) is 7.00. The number of hydrogen-bond donors (Lipinski definition) is 0. The Balaban J connectivity index is 1.31. The number of carbonyl (C=O) groups excluding carboxylic acids is 1. The summed E-state index contributed by atoms with van der Waals surface area (Å²) in [7, 11) is 1.67. The molecule has 1 aromatic heterocycles. The number of nitrogens with zero attached hydrogens (tertiary/aromatic N) is 4. The molecule has 3 fully saturated rings. The summed E-state index contributed by atoms with van der Waals surface area (Å²) in [5, 5.41) is 5.93. The van der Waals surface area contributed by atoms with Crippen LogP contribution in [0, 0.1) is 11.8 Å². The zero-order chi connectivity index (χ0) is 21.8. The minimum Gasteiger partial charge on any atom is -0.335 e. The lowest BCUT2D eigenvalue weighted by Gasteiger charge is -2.54. The van der Waals surface area contributed by atoms with Crippen LogP contribution in [0.15, 0.2) is 40.7 Å². The van der Waals surface area contributed by atoms with Gasteiger partial charge in [-0.2, -0.15) is 5.10 Å². The second kappa shape index (κ2) is 7.84. The second-order valence-electron chi connectivity index (χ2n) is 10.2. The van der Waals surface area contributed by atoms with Crippen LogP contribution in [0.1, 0.15) is 44.2 Å². The van der Waals surface area contributed by atoms with E-state index < -0.39 is 0 Å². The maximum atomic E-state index is 13.7. The number of rotatable bonds is 2. The Morgan fingerprint density at radius 3 is 2.84 bits per heavy atom. The van der Waals surface area contributed by atoms with Gasteiger partial charge in [0.05, 0.1) is 23.5 Å².